The zero-order valence-corrected chi connectivity index (χ0v) is 20.2. The third kappa shape index (κ3) is 3.57. The number of imide groups is 1. The molecule has 1 fully saturated rings. The number of amides is 4. The number of carbonyl (C=O) groups is 5. The summed E-state index contributed by atoms with van der Waals surface area (Å²) in [5, 5.41) is 2.91. The van der Waals surface area contributed by atoms with Gasteiger partial charge >= 0.3 is 5.97 Å². The molecule has 9 nitrogen and oxygen atoms in total. The van der Waals surface area contributed by atoms with Crippen molar-refractivity contribution in [1.82, 2.24) is 4.90 Å². The Labute approximate surface area is 208 Å². The van der Waals surface area contributed by atoms with Crippen LogP contribution in [0.4, 0.5) is 11.4 Å². The number of esters is 1. The van der Waals surface area contributed by atoms with Gasteiger partial charge in [-0.05, 0) is 43.0 Å². The first-order valence-corrected chi connectivity index (χ1v) is 12.1. The maximum Gasteiger partial charge on any atom is 0.330 e. The summed E-state index contributed by atoms with van der Waals surface area (Å²) < 4.78 is 5.43. The highest BCUT2D eigenvalue weighted by Crippen LogP contribution is 2.45. The summed E-state index contributed by atoms with van der Waals surface area (Å²) in [7, 11) is 0. The van der Waals surface area contributed by atoms with Crippen molar-refractivity contribution < 1.29 is 28.7 Å². The van der Waals surface area contributed by atoms with E-state index < -0.39 is 47.8 Å². The van der Waals surface area contributed by atoms with Gasteiger partial charge in [0, 0.05) is 0 Å². The van der Waals surface area contributed by atoms with Gasteiger partial charge in [0.25, 0.3) is 23.6 Å². The average Bonchev–Trinajstić information content (AvgIpc) is 3.44. The van der Waals surface area contributed by atoms with Crippen LogP contribution in [0.5, 0.6) is 0 Å². The van der Waals surface area contributed by atoms with Crippen LogP contribution < -0.4 is 10.2 Å². The van der Waals surface area contributed by atoms with Gasteiger partial charge in [0.15, 0.2) is 6.61 Å². The van der Waals surface area contributed by atoms with Crippen LogP contribution in [0.3, 0.4) is 0 Å². The summed E-state index contributed by atoms with van der Waals surface area (Å²) in [5.74, 6) is -3.20. The number of nitrogens with zero attached hydrogens (tertiary/aromatic N) is 2. The summed E-state index contributed by atoms with van der Waals surface area (Å²) in [5.41, 5.74) is 0.511. The lowest BCUT2D eigenvalue weighted by atomic mass is 9.90. The van der Waals surface area contributed by atoms with Crippen LogP contribution >= 0.6 is 0 Å². The molecule has 0 radical (unpaired) electrons. The van der Waals surface area contributed by atoms with Crippen molar-refractivity contribution in [3.05, 3.63) is 59.7 Å². The molecule has 4 amide bonds. The Morgan fingerprint density at radius 3 is 2.14 bits per heavy atom. The zero-order chi connectivity index (χ0) is 25.6. The maximum absolute atomic E-state index is 13.5. The molecule has 36 heavy (non-hydrogen) atoms. The van der Waals surface area contributed by atoms with E-state index in [4.69, 9.17) is 4.74 Å². The summed E-state index contributed by atoms with van der Waals surface area (Å²) in [6, 6.07) is 12.2. The van der Waals surface area contributed by atoms with Crippen LogP contribution in [0.1, 0.15) is 60.2 Å². The molecule has 2 aliphatic heterocycles. The number of anilines is 2. The normalized spacial score (nSPS) is 18.8. The summed E-state index contributed by atoms with van der Waals surface area (Å²) in [6.45, 7) is 2.79. The second kappa shape index (κ2) is 8.89. The first-order valence-electron chi connectivity index (χ1n) is 12.1. The number of ether oxygens (including phenoxy) is 1. The third-order valence-corrected chi connectivity index (χ3v) is 7.24. The Balaban J connectivity index is 1.38. The molecule has 0 bridgehead atoms. The number of rotatable bonds is 5. The molecule has 0 saturated heterocycles. The fourth-order valence-corrected chi connectivity index (χ4v) is 5.55. The number of carbonyl (C=O) groups excluding carboxylic acids is 5. The number of nitrogens with one attached hydrogen (secondary N) is 1. The average molecular weight is 490 g/mol. The highest BCUT2D eigenvalue weighted by atomic mass is 16.5. The van der Waals surface area contributed by atoms with Crippen LogP contribution in [0, 0.1) is 5.92 Å². The number of para-hydroxylation sites is 2. The lowest BCUT2D eigenvalue weighted by Gasteiger charge is -2.44. The van der Waals surface area contributed by atoms with Crippen molar-refractivity contribution in [1.29, 1.82) is 0 Å². The van der Waals surface area contributed by atoms with E-state index in [9.17, 15) is 24.0 Å². The Morgan fingerprint density at radius 2 is 1.53 bits per heavy atom. The zero-order valence-electron chi connectivity index (χ0n) is 20.2. The highest BCUT2D eigenvalue weighted by molar-refractivity contribution is 6.22. The molecule has 186 valence electrons. The van der Waals surface area contributed by atoms with E-state index in [2.05, 4.69) is 5.32 Å². The number of hydrogen-bond acceptors (Lipinski definition) is 6. The quantitative estimate of drug-likeness (QED) is 0.510. The van der Waals surface area contributed by atoms with E-state index in [1.54, 1.807) is 62.4 Å². The predicted molar refractivity (Wildman–Crippen MR) is 130 cm³/mol. The van der Waals surface area contributed by atoms with Crippen LogP contribution in [0.15, 0.2) is 48.5 Å². The molecule has 3 aliphatic rings. The molecule has 5 rings (SSSR count). The first kappa shape index (κ1) is 23.7. The van der Waals surface area contributed by atoms with Crippen LogP contribution in [0.2, 0.25) is 0 Å². The van der Waals surface area contributed by atoms with E-state index in [1.165, 1.54) is 4.90 Å². The molecule has 1 spiro atoms. The van der Waals surface area contributed by atoms with Gasteiger partial charge in [0.1, 0.15) is 11.6 Å². The Bertz CT molecular complexity index is 1240. The molecule has 0 aromatic heterocycles. The number of benzene rings is 2. The largest absolute Gasteiger partial charge is 0.454 e. The topological polar surface area (TPSA) is 113 Å². The first-order chi connectivity index (χ1) is 17.3. The number of fused-ring (bicyclic) bond motifs is 2. The molecule has 2 aromatic rings. The van der Waals surface area contributed by atoms with Gasteiger partial charge in [-0.1, -0.05) is 51.0 Å². The third-order valence-electron chi connectivity index (χ3n) is 7.24. The SMILES string of the molecule is CC(C)[C@@H](C(=O)OCC(=O)N1c2ccccc2NC(=O)C12CCCC2)N1C(=O)c2ccccc2C1=O. The molecule has 2 aromatic carbocycles. The molecule has 1 saturated carbocycles. The maximum atomic E-state index is 13.5. The fourth-order valence-electron chi connectivity index (χ4n) is 5.55. The van der Waals surface area contributed by atoms with Crippen molar-refractivity contribution in [2.45, 2.75) is 51.1 Å². The monoisotopic (exact) mass is 489 g/mol. The van der Waals surface area contributed by atoms with Crippen molar-refractivity contribution in [2.24, 2.45) is 5.92 Å². The van der Waals surface area contributed by atoms with Gasteiger partial charge in [-0.25, -0.2) is 4.79 Å². The van der Waals surface area contributed by atoms with Gasteiger partial charge in [0.05, 0.1) is 22.5 Å². The molecular formula is C27H27N3O6. The smallest absolute Gasteiger partial charge is 0.330 e. The van der Waals surface area contributed by atoms with Crippen LogP contribution in [0.25, 0.3) is 0 Å². The van der Waals surface area contributed by atoms with E-state index in [-0.39, 0.29) is 17.0 Å². The van der Waals surface area contributed by atoms with Gasteiger partial charge in [-0.15, -0.1) is 0 Å². The molecule has 9 heteroatoms. The molecular weight excluding hydrogens is 462 g/mol. The molecule has 2 heterocycles. The van der Waals surface area contributed by atoms with Crippen molar-refractivity contribution >= 4 is 41.0 Å². The Hall–Kier alpha value is -4.01. The summed E-state index contributed by atoms with van der Waals surface area (Å²) >= 11 is 0. The van der Waals surface area contributed by atoms with Gasteiger partial charge in [0.2, 0.25) is 0 Å². The van der Waals surface area contributed by atoms with Crippen LogP contribution in [-0.4, -0.2) is 52.7 Å². The molecule has 1 N–H and O–H groups in total. The fraction of sp³-hybridized carbons (Fsp3) is 0.370. The minimum Gasteiger partial charge on any atom is -0.454 e. The number of hydrogen-bond donors (Lipinski definition) is 1. The van der Waals surface area contributed by atoms with Crippen molar-refractivity contribution in [2.75, 3.05) is 16.8 Å². The molecule has 0 unspecified atom stereocenters. The van der Waals surface area contributed by atoms with Crippen molar-refractivity contribution in [3.8, 4) is 0 Å². The molecule has 1 atom stereocenters. The summed E-state index contributed by atoms with van der Waals surface area (Å²) in [4.78, 5) is 68.1. The second-order valence-corrected chi connectivity index (χ2v) is 9.76. The summed E-state index contributed by atoms with van der Waals surface area (Å²) in [6.07, 6.45) is 2.62. The van der Waals surface area contributed by atoms with Gasteiger partial charge in [-0.3, -0.25) is 29.0 Å². The lowest BCUT2D eigenvalue weighted by molar-refractivity contribution is -0.153. The van der Waals surface area contributed by atoms with Crippen molar-refractivity contribution in [3.63, 3.8) is 0 Å². The van der Waals surface area contributed by atoms with E-state index in [1.807, 2.05) is 0 Å². The Kier molecular flexibility index (Phi) is 5.86. The minimum absolute atomic E-state index is 0.233. The van der Waals surface area contributed by atoms with E-state index in [0.717, 1.165) is 17.7 Å². The van der Waals surface area contributed by atoms with E-state index in [0.29, 0.717) is 24.2 Å². The Morgan fingerprint density at radius 1 is 0.944 bits per heavy atom. The minimum atomic E-state index is -1.19. The highest BCUT2D eigenvalue weighted by Gasteiger charge is 2.52. The predicted octanol–water partition coefficient (Wildman–Crippen LogP) is 3.15. The van der Waals surface area contributed by atoms with Gasteiger partial charge < -0.3 is 10.1 Å². The lowest BCUT2D eigenvalue weighted by Crippen LogP contribution is -2.61. The van der Waals surface area contributed by atoms with Crippen LogP contribution in [-0.2, 0) is 19.1 Å². The second-order valence-electron chi connectivity index (χ2n) is 9.76. The van der Waals surface area contributed by atoms with Gasteiger partial charge in [-0.2, -0.15) is 0 Å². The standard InChI is InChI=1S/C27H27N3O6/c1-16(2)22(29-23(32)17-9-3-4-10-18(17)24(29)33)25(34)36-15-21(31)30-20-12-6-5-11-19(20)28-26(35)27(30)13-7-8-14-27/h3-6,9-12,16,22H,7-8,13-15H2,1-2H3,(H,28,35)/t22-/m0/s1. The van der Waals surface area contributed by atoms with E-state index >= 15 is 0 Å². The molecule has 1 aliphatic carbocycles.